The van der Waals surface area contributed by atoms with Crippen LogP contribution in [-0.2, 0) is 5.60 Å². The van der Waals surface area contributed by atoms with Gasteiger partial charge in [0.15, 0.2) is 11.4 Å². The Balaban J connectivity index is 1.70. The molecule has 0 radical (unpaired) electrons. The molecule has 0 aliphatic heterocycles. The number of anilines is 1. The van der Waals surface area contributed by atoms with Gasteiger partial charge in [0.1, 0.15) is 17.1 Å². The molecule has 0 amide bonds. The summed E-state index contributed by atoms with van der Waals surface area (Å²) in [6, 6.07) is 9.71. The van der Waals surface area contributed by atoms with Crippen LogP contribution in [0.25, 0.3) is 22.5 Å². The standard InChI is InChI=1S/C24H26N6O3/c1-15(32)19-12-26-23-20(17-11-27-29(13-17)18-5-3-2-4-6-18)21(28-30(23)22(19)25)24(33)9-7-16(14-31)8-10-24/h2-6,11-13,16,31,33H,7-10,14,25H2,1H3. The molecule has 0 saturated heterocycles. The van der Waals surface area contributed by atoms with Gasteiger partial charge in [0.05, 0.1) is 23.0 Å². The molecule has 1 aliphatic carbocycles. The number of rotatable bonds is 5. The van der Waals surface area contributed by atoms with Crippen LogP contribution in [0.3, 0.4) is 0 Å². The molecule has 9 heteroatoms. The van der Waals surface area contributed by atoms with Crippen molar-refractivity contribution in [2.75, 3.05) is 12.3 Å². The molecule has 3 aromatic heterocycles. The summed E-state index contributed by atoms with van der Waals surface area (Å²) in [7, 11) is 0. The molecule has 1 aromatic carbocycles. The summed E-state index contributed by atoms with van der Waals surface area (Å²) < 4.78 is 3.19. The van der Waals surface area contributed by atoms with Gasteiger partial charge < -0.3 is 15.9 Å². The lowest BCUT2D eigenvalue weighted by molar-refractivity contribution is -0.0243. The van der Waals surface area contributed by atoms with Gasteiger partial charge in [0, 0.05) is 24.6 Å². The highest BCUT2D eigenvalue weighted by atomic mass is 16.3. The van der Waals surface area contributed by atoms with Crippen LogP contribution >= 0.6 is 0 Å². The monoisotopic (exact) mass is 446 g/mol. The van der Waals surface area contributed by atoms with Crippen LogP contribution in [0.4, 0.5) is 5.82 Å². The molecule has 0 unspecified atom stereocenters. The van der Waals surface area contributed by atoms with Gasteiger partial charge >= 0.3 is 0 Å². The van der Waals surface area contributed by atoms with Crippen molar-refractivity contribution in [2.45, 2.75) is 38.2 Å². The van der Waals surface area contributed by atoms with Gasteiger partial charge in [0.25, 0.3) is 0 Å². The number of aliphatic hydroxyl groups excluding tert-OH is 1. The van der Waals surface area contributed by atoms with Gasteiger partial charge in [-0.2, -0.15) is 14.7 Å². The normalized spacial score (nSPS) is 20.9. The van der Waals surface area contributed by atoms with E-state index in [-0.39, 0.29) is 29.7 Å². The van der Waals surface area contributed by atoms with Crippen molar-refractivity contribution in [1.82, 2.24) is 24.4 Å². The van der Waals surface area contributed by atoms with Gasteiger partial charge in [-0.3, -0.25) is 4.79 Å². The number of hydrogen-bond acceptors (Lipinski definition) is 7. The fourth-order valence-electron chi connectivity index (χ4n) is 4.61. The highest BCUT2D eigenvalue weighted by Crippen LogP contribution is 2.44. The highest BCUT2D eigenvalue weighted by Gasteiger charge is 2.40. The number of aliphatic hydroxyl groups is 2. The first-order valence-corrected chi connectivity index (χ1v) is 11.0. The maximum atomic E-state index is 12.0. The smallest absolute Gasteiger partial charge is 0.165 e. The first-order chi connectivity index (χ1) is 15.9. The minimum Gasteiger partial charge on any atom is -0.396 e. The first kappa shape index (κ1) is 21.3. The number of ketones is 1. The predicted molar refractivity (Wildman–Crippen MR) is 123 cm³/mol. The summed E-state index contributed by atoms with van der Waals surface area (Å²) in [4.78, 5) is 16.5. The van der Waals surface area contributed by atoms with Crippen LogP contribution in [0.15, 0.2) is 48.9 Å². The molecule has 1 fully saturated rings. The number of nitrogen functional groups attached to an aromatic ring is 1. The predicted octanol–water partition coefficient (Wildman–Crippen LogP) is 2.74. The van der Waals surface area contributed by atoms with Gasteiger partial charge in [0.2, 0.25) is 0 Å². The van der Waals surface area contributed by atoms with Gasteiger partial charge in [-0.1, -0.05) is 18.2 Å². The summed E-state index contributed by atoms with van der Waals surface area (Å²) >= 11 is 0. The molecule has 33 heavy (non-hydrogen) atoms. The molecule has 0 spiro atoms. The zero-order chi connectivity index (χ0) is 23.2. The Bertz CT molecular complexity index is 1320. The Kier molecular flexibility index (Phi) is 5.22. The molecule has 4 aromatic rings. The largest absolute Gasteiger partial charge is 0.396 e. The van der Waals surface area contributed by atoms with E-state index in [4.69, 9.17) is 5.73 Å². The van der Waals surface area contributed by atoms with E-state index in [1.165, 1.54) is 17.6 Å². The number of aromatic nitrogens is 5. The highest BCUT2D eigenvalue weighted by molar-refractivity contribution is 5.98. The molecule has 1 aliphatic rings. The Labute approximate surface area is 190 Å². The molecular formula is C24H26N6O3. The van der Waals surface area contributed by atoms with Crippen molar-refractivity contribution in [1.29, 1.82) is 0 Å². The lowest BCUT2D eigenvalue weighted by atomic mass is 9.76. The summed E-state index contributed by atoms with van der Waals surface area (Å²) in [6.07, 6.45) is 7.33. The number of carbonyl (C=O) groups excluding carboxylic acids is 1. The number of Topliss-reactive ketones (excluding diaryl/α,β-unsaturated/α-hetero) is 1. The van der Waals surface area contributed by atoms with E-state index in [2.05, 4.69) is 15.2 Å². The van der Waals surface area contributed by atoms with E-state index >= 15 is 0 Å². The number of carbonyl (C=O) groups is 1. The number of fused-ring (bicyclic) bond motifs is 1. The van der Waals surface area contributed by atoms with Gasteiger partial charge in [-0.05, 0) is 50.7 Å². The van der Waals surface area contributed by atoms with Crippen molar-refractivity contribution in [3.63, 3.8) is 0 Å². The van der Waals surface area contributed by atoms with Crippen molar-refractivity contribution in [3.8, 4) is 16.8 Å². The summed E-state index contributed by atoms with van der Waals surface area (Å²) in [5.74, 6) is 0.141. The van der Waals surface area contributed by atoms with E-state index < -0.39 is 5.60 Å². The summed E-state index contributed by atoms with van der Waals surface area (Å²) in [5, 5.41) is 30.4. The van der Waals surface area contributed by atoms with Gasteiger partial charge in [-0.25, -0.2) is 9.67 Å². The molecule has 0 bridgehead atoms. The van der Waals surface area contributed by atoms with Crippen LogP contribution in [0, 0.1) is 5.92 Å². The Morgan fingerprint density at radius 2 is 1.94 bits per heavy atom. The van der Waals surface area contributed by atoms with Crippen LogP contribution in [0.2, 0.25) is 0 Å². The Morgan fingerprint density at radius 3 is 2.61 bits per heavy atom. The molecule has 5 rings (SSSR count). The van der Waals surface area contributed by atoms with Crippen molar-refractivity contribution >= 4 is 17.2 Å². The number of hydrogen-bond donors (Lipinski definition) is 3. The SMILES string of the molecule is CC(=O)c1cnc2c(-c3cnn(-c4ccccc4)c3)c(C3(O)CCC(CO)CC3)nn2c1N. The van der Waals surface area contributed by atoms with Crippen LogP contribution < -0.4 is 5.73 Å². The molecule has 9 nitrogen and oxygen atoms in total. The second-order valence-electron chi connectivity index (χ2n) is 8.74. The molecule has 1 saturated carbocycles. The third kappa shape index (κ3) is 3.59. The minimum absolute atomic E-state index is 0.106. The fraction of sp³-hybridized carbons (Fsp3) is 0.333. The molecular weight excluding hydrogens is 420 g/mol. The average Bonchev–Trinajstić information content (AvgIpc) is 3.46. The molecule has 0 atom stereocenters. The number of benzene rings is 1. The minimum atomic E-state index is -1.20. The fourth-order valence-corrected chi connectivity index (χ4v) is 4.61. The molecule has 170 valence electrons. The number of nitrogens with two attached hydrogens (primary N) is 1. The third-order valence-electron chi connectivity index (χ3n) is 6.58. The topological polar surface area (TPSA) is 132 Å². The van der Waals surface area contributed by atoms with E-state index in [1.54, 1.807) is 10.9 Å². The van der Waals surface area contributed by atoms with Crippen LogP contribution in [0.5, 0.6) is 0 Å². The van der Waals surface area contributed by atoms with Crippen molar-refractivity contribution < 1.29 is 15.0 Å². The summed E-state index contributed by atoms with van der Waals surface area (Å²) in [5.41, 5.74) is 8.57. The zero-order valence-corrected chi connectivity index (χ0v) is 18.3. The second kappa shape index (κ2) is 8.09. The Morgan fingerprint density at radius 1 is 1.21 bits per heavy atom. The first-order valence-electron chi connectivity index (χ1n) is 11.0. The van der Waals surface area contributed by atoms with Crippen LogP contribution in [0.1, 0.15) is 48.7 Å². The summed E-state index contributed by atoms with van der Waals surface area (Å²) in [6.45, 7) is 1.53. The Hall–Kier alpha value is -3.56. The lowest BCUT2D eigenvalue weighted by Crippen LogP contribution is -2.33. The third-order valence-corrected chi connectivity index (χ3v) is 6.58. The number of nitrogens with zero attached hydrogens (tertiary/aromatic N) is 5. The van der Waals surface area contributed by atoms with E-state index in [9.17, 15) is 15.0 Å². The lowest BCUT2D eigenvalue weighted by Gasteiger charge is -2.34. The number of para-hydroxylation sites is 1. The van der Waals surface area contributed by atoms with Crippen LogP contribution in [-0.4, -0.2) is 47.0 Å². The van der Waals surface area contributed by atoms with Gasteiger partial charge in [-0.15, -0.1) is 0 Å². The maximum absolute atomic E-state index is 12.0. The quantitative estimate of drug-likeness (QED) is 0.402. The zero-order valence-electron chi connectivity index (χ0n) is 18.3. The maximum Gasteiger partial charge on any atom is 0.165 e. The molecule has 3 heterocycles. The molecule has 4 N–H and O–H groups in total. The van der Waals surface area contributed by atoms with Crippen molar-refractivity contribution in [2.24, 2.45) is 5.92 Å². The van der Waals surface area contributed by atoms with E-state index in [0.29, 0.717) is 42.6 Å². The van der Waals surface area contributed by atoms with Crippen molar-refractivity contribution in [3.05, 3.63) is 60.2 Å². The second-order valence-corrected chi connectivity index (χ2v) is 8.74. The van der Waals surface area contributed by atoms with E-state index in [0.717, 1.165) is 11.3 Å². The average molecular weight is 447 g/mol. The van der Waals surface area contributed by atoms with E-state index in [1.807, 2.05) is 36.5 Å².